The molecule has 0 radical (unpaired) electrons. The Morgan fingerprint density at radius 1 is 1.12 bits per heavy atom. The molecule has 24 heavy (non-hydrogen) atoms. The van der Waals surface area contributed by atoms with Crippen molar-refractivity contribution in [2.45, 2.75) is 33.3 Å². The van der Waals surface area contributed by atoms with Crippen molar-refractivity contribution < 1.29 is 14.3 Å². The number of carbonyl (C=O) groups is 1. The molecule has 2 rings (SSSR count). The van der Waals surface area contributed by atoms with Crippen molar-refractivity contribution in [2.24, 2.45) is 0 Å². The second-order valence-electron chi connectivity index (χ2n) is 6.47. The second-order valence-corrected chi connectivity index (χ2v) is 6.47. The summed E-state index contributed by atoms with van der Waals surface area (Å²) in [5.74, 6) is 0.487. The van der Waals surface area contributed by atoms with Gasteiger partial charge in [0.05, 0.1) is 12.2 Å². The highest BCUT2D eigenvalue weighted by atomic mass is 16.6. The standard InChI is InChI=1S/C21H24O3/c1-6-15-8-13-18(19(14-15)23-7-2)16-9-11-17(12-10-16)20(22)24-21(3,4)5/h6,8-14H,1,7H2,2-5H3. The van der Waals surface area contributed by atoms with E-state index in [2.05, 4.69) is 6.58 Å². The maximum atomic E-state index is 12.1. The third-order valence-electron chi connectivity index (χ3n) is 3.37. The summed E-state index contributed by atoms with van der Waals surface area (Å²) in [7, 11) is 0. The summed E-state index contributed by atoms with van der Waals surface area (Å²) in [6, 6.07) is 13.3. The Hall–Kier alpha value is -2.55. The first kappa shape index (κ1) is 17.8. The summed E-state index contributed by atoms with van der Waals surface area (Å²) in [5.41, 5.74) is 3.01. The molecule has 2 aromatic rings. The van der Waals surface area contributed by atoms with Crippen LogP contribution in [0.2, 0.25) is 0 Å². The average Bonchev–Trinajstić information content (AvgIpc) is 2.53. The van der Waals surface area contributed by atoms with Crippen LogP contribution in [0.15, 0.2) is 49.0 Å². The Labute approximate surface area is 143 Å². The summed E-state index contributed by atoms with van der Waals surface area (Å²) < 4.78 is 11.1. The summed E-state index contributed by atoms with van der Waals surface area (Å²) in [6.07, 6.45) is 1.79. The van der Waals surface area contributed by atoms with Gasteiger partial charge in [0.25, 0.3) is 0 Å². The Bertz CT molecular complexity index is 722. The van der Waals surface area contributed by atoms with Crippen LogP contribution in [0.4, 0.5) is 0 Å². The predicted octanol–water partition coefficient (Wildman–Crippen LogP) is 5.35. The molecule has 0 heterocycles. The third kappa shape index (κ3) is 4.48. The third-order valence-corrected chi connectivity index (χ3v) is 3.37. The average molecular weight is 324 g/mol. The number of benzene rings is 2. The van der Waals surface area contributed by atoms with Crippen molar-refractivity contribution in [1.82, 2.24) is 0 Å². The van der Waals surface area contributed by atoms with Crippen LogP contribution in [0.3, 0.4) is 0 Å². The largest absolute Gasteiger partial charge is 0.493 e. The molecule has 0 N–H and O–H groups in total. The highest BCUT2D eigenvalue weighted by Crippen LogP contribution is 2.32. The van der Waals surface area contributed by atoms with Crippen LogP contribution >= 0.6 is 0 Å². The highest BCUT2D eigenvalue weighted by Gasteiger charge is 2.18. The minimum absolute atomic E-state index is 0.318. The molecule has 0 aliphatic rings. The van der Waals surface area contributed by atoms with Gasteiger partial charge >= 0.3 is 5.97 Å². The first-order valence-corrected chi connectivity index (χ1v) is 8.07. The van der Waals surface area contributed by atoms with E-state index in [0.717, 1.165) is 22.4 Å². The van der Waals surface area contributed by atoms with Gasteiger partial charge in [-0.05, 0) is 57.0 Å². The van der Waals surface area contributed by atoms with Crippen molar-refractivity contribution in [3.05, 3.63) is 60.2 Å². The summed E-state index contributed by atoms with van der Waals surface area (Å²) in [6.45, 7) is 11.9. The number of hydrogen-bond donors (Lipinski definition) is 0. The van der Waals surface area contributed by atoms with Gasteiger partial charge in [0.2, 0.25) is 0 Å². The van der Waals surface area contributed by atoms with Crippen molar-refractivity contribution in [2.75, 3.05) is 6.61 Å². The molecule has 0 amide bonds. The summed E-state index contributed by atoms with van der Waals surface area (Å²) in [4.78, 5) is 12.1. The van der Waals surface area contributed by atoms with Crippen molar-refractivity contribution in [3.63, 3.8) is 0 Å². The number of carbonyl (C=O) groups excluding carboxylic acids is 1. The van der Waals surface area contributed by atoms with Crippen molar-refractivity contribution >= 4 is 12.0 Å². The first-order chi connectivity index (χ1) is 11.3. The molecule has 0 atom stereocenters. The van der Waals surface area contributed by atoms with E-state index in [1.54, 1.807) is 18.2 Å². The van der Waals surface area contributed by atoms with Crippen LogP contribution in [0, 0.1) is 0 Å². The molecule has 0 bridgehead atoms. The topological polar surface area (TPSA) is 35.5 Å². The van der Waals surface area contributed by atoms with Crippen LogP contribution in [0.25, 0.3) is 17.2 Å². The summed E-state index contributed by atoms with van der Waals surface area (Å²) in [5, 5.41) is 0. The molecular formula is C21H24O3. The SMILES string of the molecule is C=Cc1ccc(-c2ccc(C(=O)OC(C)(C)C)cc2)c(OCC)c1. The van der Waals surface area contributed by atoms with Crippen molar-refractivity contribution in [1.29, 1.82) is 0 Å². The molecule has 0 aliphatic carbocycles. The van der Waals surface area contributed by atoms with E-state index < -0.39 is 5.60 Å². The van der Waals surface area contributed by atoms with E-state index in [0.29, 0.717) is 12.2 Å². The van der Waals surface area contributed by atoms with Gasteiger partial charge in [-0.3, -0.25) is 0 Å². The van der Waals surface area contributed by atoms with Crippen molar-refractivity contribution in [3.8, 4) is 16.9 Å². The van der Waals surface area contributed by atoms with E-state index in [1.807, 2.05) is 58.0 Å². The molecule has 126 valence electrons. The number of esters is 1. The smallest absolute Gasteiger partial charge is 0.338 e. The van der Waals surface area contributed by atoms with E-state index >= 15 is 0 Å². The normalized spacial score (nSPS) is 11.0. The molecule has 0 spiro atoms. The fourth-order valence-corrected chi connectivity index (χ4v) is 2.30. The van der Waals surface area contributed by atoms with Gasteiger partial charge < -0.3 is 9.47 Å². The Kier molecular flexibility index (Phi) is 5.45. The first-order valence-electron chi connectivity index (χ1n) is 8.07. The lowest BCUT2D eigenvalue weighted by Gasteiger charge is -2.19. The fourth-order valence-electron chi connectivity index (χ4n) is 2.30. The fraction of sp³-hybridized carbons (Fsp3) is 0.286. The quantitative estimate of drug-likeness (QED) is 0.695. The van der Waals surface area contributed by atoms with Crippen LogP contribution in [0.1, 0.15) is 43.6 Å². The molecular weight excluding hydrogens is 300 g/mol. The molecule has 0 fully saturated rings. The molecule has 0 saturated heterocycles. The zero-order valence-corrected chi connectivity index (χ0v) is 14.8. The molecule has 0 aromatic heterocycles. The minimum Gasteiger partial charge on any atom is -0.493 e. The highest BCUT2D eigenvalue weighted by molar-refractivity contribution is 5.90. The van der Waals surface area contributed by atoms with Crippen LogP contribution in [-0.2, 0) is 4.74 Å². The molecule has 2 aromatic carbocycles. The molecule has 0 unspecified atom stereocenters. The Morgan fingerprint density at radius 2 is 1.79 bits per heavy atom. The molecule has 0 saturated carbocycles. The second kappa shape index (κ2) is 7.35. The Balaban J connectivity index is 2.31. The van der Waals surface area contributed by atoms with Crippen LogP contribution < -0.4 is 4.74 Å². The van der Waals surface area contributed by atoms with E-state index in [4.69, 9.17) is 9.47 Å². The Morgan fingerprint density at radius 3 is 2.33 bits per heavy atom. The van der Waals surface area contributed by atoms with Gasteiger partial charge in [0, 0.05) is 5.56 Å². The predicted molar refractivity (Wildman–Crippen MR) is 98.3 cm³/mol. The lowest BCUT2D eigenvalue weighted by Crippen LogP contribution is -2.23. The lowest BCUT2D eigenvalue weighted by molar-refractivity contribution is 0.00696. The number of ether oxygens (including phenoxy) is 2. The van der Waals surface area contributed by atoms with Gasteiger partial charge in [0.15, 0.2) is 0 Å². The zero-order chi connectivity index (χ0) is 17.7. The van der Waals surface area contributed by atoms with E-state index in [-0.39, 0.29) is 5.97 Å². The number of rotatable bonds is 5. The monoisotopic (exact) mass is 324 g/mol. The molecule has 0 aliphatic heterocycles. The summed E-state index contributed by atoms with van der Waals surface area (Å²) >= 11 is 0. The number of hydrogen-bond acceptors (Lipinski definition) is 3. The molecule has 3 heteroatoms. The van der Waals surface area contributed by atoms with Crippen LogP contribution in [-0.4, -0.2) is 18.2 Å². The van der Waals surface area contributed by atoms with Gasteiger partial charge in [-0.1, -0.05) is 36.9 Å². The molecule has 3 nitrogen and oxygen atoms in total. The maximum absolute atomic E-state index is 12.1. The maximum Gasteiger partial charge on any atom is 0.338 e. The van der Waals surface area contributed by atoms with Gasteiger partial charge in [0.1, 0.15) is 11.4 Å². The van der Waals surface area contributed by atoms with E-state index in [1.165, 1.54) is 0 Å². The van der Waals surface area contributed by atoms with Gasteiger partial charge in [-0.2, -0.15) is 0 Å². The lowest BCUT2D eigenvalue weighted by atomic mass is 10.0. The van der Waals surface area contributed by atoms with Crippen LogP contribution in [0.5, 0.6) is 5.75 Å². The van der Waals surface area contributed by atoms with E-state index in [9.17, 15) is 4.79 Å². The minimum atomic E-state index is -0.502. The van der Waals surface area contributed by atoms with Gasteiger partial charge in [-0.15, -0.1) is 0 Å². The van der Waals surface area contributed by atoms with Gasteiger partial charge in [-0.25, -0.2) is 4.79 Å². The zero-order valence-electron chi connectivity index (χ0n) is 14.8.